The molecule has 0 aromatic heterocycles. The van der Waals surface area contributed by atoms with Crippen LogP contribution in [-0.2, 0) is 4.79 Å². The molecule has 1 aliphatic heterocycles. The van der Waals surface area contributed by atoms with Crippen molar-refractivity contribution in [1.29, 1.82) is 0 Å². The van der Waals surface area contributed by atoms with E-state index >= 15 is 0 Å². The van der Waals surface area contributed by atoms with E-state index in [2.05, 4.69) is 5.32 Å². The summed E-state index contributed by atoms with van der Waals surface area (Å²) in [6, 6.07) is 5.13. The number of carbonyl (C=O) groups excluding carboxylic acids is 1. The van der Waals surface area contributed by atoms with Gasteiger partial charge in [-0.1, -0.05) is 18.2 Å². The molecule has 17 heavy (non-hydrogen) atoms. The Morgan fingerprint density at radius 2 is 2.24 bits per heavy atom. The van der Waals surface area contributed by atoms with Crippen molar-refractivity contribution < 1.29 is 19.1 Å². The second-order valence-corrected chi connectivity index (χ2v) is 3.80. The Bertz CT molecular complexity index is 464. The molecular formula is C11H11FN2O3. The normalized spacial score (nSPS) is 19.2. The molecule has 0 spiro atoms. The summed E-state index contributed by atoms with van der Waals surface area (Å²) < 4.78 is 13.5. The number of hydrogen-bond donors (Lipinski definition) is 2. The van der Waals surface area contributed by atoms with Gasteiger partial charge in [-0.3, -0.25) is 4.79 Å². The Labute approximate surface area is 96.8 Å². The average Bonchev–Trinajstić information content (AvgIpc) is 2.60. The zero-order valence-corrected chi connectivity index (χ0v) is 8.89. The summed E-state index contributed by atoms with van der Waals surface area (Å²) in [5.41, 5.74) is 0.369. The van der Waals surface area contributed by atoms with Crippen LogP contribution >= 0.6 is 0 Å². The number of amides is 2. The van der Waals surface area contributed by atoms with Crippen LogP contribution in [0.25, 0.3) is 0 Å². The van der Waals surface area contributed by atoms with Crippen molar-refractivity contribution in [3.63, 3.8) is 0 Å². The molecule has 0 radical (unpaired) electrons. The molecule has 0 aliphatic carbocycles. The van der Waals surface area contributed by atoms with Gasteiger partial charge in [0, 0.05) is 12.1 Å². The molecule has 1 fully saturated rings. The standard InChI is InChI=1S/C11H11FN2O3/c12-8-4-2-1-3-7(8)9-5-14(6-10(15)16)11(17)13-9/h1-4,9H,5-6H2,(H,13,17)(H,15,16). The molecule has 2 N–H and O–H groups in total. The quantitative estimate of drug-likeness (QED) is 0.824. The fourth-order valence-corrected chi connectivity index (χ4v) is 1.82. The molecule has 1 aromatic carbocycles. The molecule has 90 valence electrons. The second-order valence-electron chi connectivity index (χ2n) is 3.80. The molecule has 1 heterocycles. The molecule has 1 unspecified atom stereocenters. The molecular weight excluding hydrogens is 227 g/mol. The fraction of sp³-hybridized carbons (Fsp3) is 0.273. The van der Waals surface area contributed by atoms with Crippen LogP contribution in [0.1, 0.15) is 11.6 Å². The highest BCUT2D eigenvalue weighted by atomic mass is 19.1. The summed E-state index contributed by atoms with van der Waals surface area (Å²) in [4.78, 5) is 23.1. The highest BCUT2D eigenvalue weighted by Crippen LogP contribution is 2.22. The summed E-state index contributed by atoms with van der Waals surface area (Å²) in [5.74, 6) is -1.50. The second kappa shape index (κ2) is 4.40. The average molecular weight is 238 g/mol. The van der Waals surface area contributed by atoms with Crippen LogP contribution in [0.15, 0.2) is 24.3 Å². The SMILES string of the molecule is O=C(O)CN1CC(c2ccccc2F)NC1=O. The van der Waals surface area contributed by atoms with Gasteiger partial charge in [-0.15, -0.1) is 0 Å². The Kier molecular flexibility index (Phi) is 2.95. The van der Waals surface area contributed by atoms with Gasteiger partial charge in [0.15, 0.2) is 0 Å². The third-order valence-electron chi connectivity index (χ3n) is 2.59. The number of urea groups is 1. The van der Waals surface area contributed by atoms with Gasteiger partial charge < -0.3 is 15.3 Å². The number of halogens is 1. The third-order valence-corrected chi connectivity index (χ3v) is 2.59. The lowest BCUT2D eigenvalue weighted by Gasteiger charge is -2.12. The Morgan fingerprint density at radius 1 is 1.53 bits per heavy atom. The van der Waals surface area contributed by atoms with Crippen LogP contribution in [0, 0.1) is 5.82 Å². The molecule has 1 aromatic rings. The first-order chi connectivity index (χ1) is 8.08. The Hall–Kier alpha value is -2.11. The van der Waals surface area contributed by atoms with Gasteiger partial charge in [0.1, 0.15) is 12.4 Å². The minimum absolute atomic E-state index is 0.159. The first-order valence-electron chi connectivity index (χ1n) is 5.09. The van der Waals surface area contributed by atoms with Crippen molar-refractivity contribution in [3.8, 4) is 0 Å². The fourth-order valence-electron chi connectivity index (χ4n) is 1.82. The number of aliphatic carboxylic acids is 1. The van der Waals surface area contributed by atoms with Crippen LogP contribution in [0.3, 0.4) is 0 Å². The van der Waals surface area contributed by atoms with Crippen molar-refractivity contribution in [2.45, 2.75) is 6.04 Å². The van der Waals surface area contributed by atoms with E-state index in [0.717, 1.165) is 4.90 Å². The number of benzene rings is 1. The molecule has 1 aliphatic rings. The zero-order chi connectivity index (χ0) is 12.4. The van der Waals surface area contributed by atoms with Crippen molar-refractivity contribution in [1.82, 2.24) is 10.2 Å². The van der Waals surface area contributed by atoms with Gasteiger partial charge in [0.05, 0.1) is 6.04 Å². The molecule has 6 heteroatoms. The number of nitrogens with zero attached hydrogens (tertiary/aromatic N) is 1. The van der Waals surface area contributed by atoms with Crippen LogP contribution in [0.4, 0.5) is 9.18 Å². The van der Waals surface area contributed by atoms with Gasteiger partial charge in [0.25, 0.3) is 0 Å². The summed E-state index contributed by atoms with van der Waals surface area (Å²) in [5, 5.41) is 11.2. The minimum Gasteiger partial charge on any atom is -0.480 e. The van der Waals surface area contributed by atoms with Crippen LogP contribution in [0.5, 0.6) is 0 Å². The van der Waals surface area contributed by atoms with Crippen molar-refractivity contribution in [2.75, 3.05) is 13.1 Å². The Morgan fingerprint density at radius 3 is 2.88 bits per heavy atom. The van der Waals surface area contributed by atoms with Crippen molar-refractivity contribution in [3.05, 3.63) is 35.6 Å². The molecule has 1 saturated heterocycles. The number of nitrogens with one attached hydrogen (secondary N) is 1. The summed E-state index contributed by atoms with van der Waals surface area (Å²) >= 11 is 0. The van der Waals surface area contributed by atoms with E-state index in [0.29, 0.717) is 5.56 Å². The van der Waals surface area contributed by atoms with E-state index in [1.54, 1.807) is 18.2 Å². The topological polar surface area (TPSA) is 69.6 Å². The maximum absolute atomic E-state index is 13.5. The number of carboxylic acid groups (broad SMARTS) is 1. The van der Waals surface area contributed by atoms with Gasteiger partial charge in [-0.05, 0) is 6.07 Å². The number of carbonyl (C=O) groups is 2. The van der Waals surface area contributed by atoms with Crippen LogP contribution in [-0.4, -0.2) is 35.1 Å². The number of rotatable bonds is 3. The van der Waals surface area contributed by atoms with Gasteiger partial charge >= 0.3 is 12.0 Å². The Balaban J connectivity index is 2.14. The van der Waals surface area contributed by atoms with E-state index in [4.69, 9.17) is 5.11 Å². The molecule has 2 rings (SSSR count). The van der Waals surface area contributed by atoms with Gasteiger partial charge in [-0.25, -0.2) is 9.18 Å². The summed E-state index contributed by atoms with van der Waals surface area (Å²) in [6.45, 7) is -0.219. The molecule has 0 saturated carbocycles. The molecule has 0 bridgehead atoms. The first-order valence-corrected chi connectivity index (χ1v) is 5.09. The predicted molar refractivity (Wildman–Crippen MR) is 56.9 cm³/mol. The van der Waals surface area contributed by atoms with Crippen molar-refractivity contribution >= 4 is 12.0 Å². The van der Waals surface area contributed by atoms with E-state index in [1.165, 1.54) is 6.07 Å². The van der Waals surface area contributed by atoms with E-state index in [9.17, 15) is 14.0 Å². The lowest BCUT2D eigenvalue weighted by molar-refractivity contribution is -0.137. The maximum Gasteiger partial charge on any atom is 0.323 e. The largest absolute Gasteiger partial charge is 0.480 e. The van der Waals surface area contributed by atoms with Crippen LogP contribution < -0.4 is 5.32 Å². The summed E-state index contributed by atoms with van der Waals surface area (Å²) in [7, 11) is 0. The first kappa shape index (κ1) is 11.4. The van der Waals surface area contributed by atoms with Crippen LogP contribution in [0.2, 0.25) is 0 Å². The van der Waals surface area contributed by atoms with Gasteiger partial charge in [0.2, 0.25) is 0 Å². The highest BCUT2D eigenvalue weighted by molar-refractivity contribution is 5.82. The lowest BCUT2D eigenvalue weighted by Crippen LogP contribution is -2.32. The van der Waals surface area contributed by atoms with E-state index in [1.807, 2.05) is 0 Å². The lowest BCUT2D eigenvalue weighted by atomic mass is 10.1. The monoisotopic (exact) mass is 238 g/mol. The summed E-state index contributed by atoms with van der Waals surface area (Å²) in [6.07, 6.45) is 0. The highest BCUT2D eigenvalue weighted by Gasteiger charge is 2.32. The van der Waals surface area contributed by atoms with E-state index in [-0.39, 0.29) is 13.1 Å². The zero-order valence-electron chi connectivity index (χ0n) is 8.89. The minimum atomic E-state index is -1.09. The van der Waals surface area contributed by atoms with Gasteiger partial charge in [-0.2, -0.15) is 0 Å². The number of carboxylic acids is 1. The van der Waals surface area contributed by atoms with Crippen molar-refractivity contribution in [2.24, 2.45) is 0 Å². The predicted octanol–water partition coefficient (Wildman–Crippen LogP) is 0.977. The maximum atomic E-state index is 13.5. The molecule has 2 amide bonds. The molecule has 5 nitrogen and oxygen atoms in total. The van der Waals surface area contributed by atoms with E-state index < -0.39 is 23.9 Å². The smallest absolute Gasteiger partial charge is 0.323 e. The number of hydrogen-bond acceptors (Lipinski definition) is 2. The third kappa shape index (κ3) is 2.35. The molecule has 1 atom stereocenters.